The normalized spacial score (nSPS) is 16.4. The third-order valence-corrected chi connectivity index (χ3v) is 4.89. The van der Waals surface area contributed by atoms with Gasteiger partial charge < -0.3 is 16.0 Å². The fraction of sp³-hybridized carbons (Fsp3) is 0.235. The van der Waals surface area contributed by atoms with Crippen molar-refractivity contribution in [2.45, 2.75) is 12.5 Å². The summed E-state index contributed by atoms with van der Waals surface area (Å²) < 4.78 is 2.55. The van der Waals surface area contributed by atoms with Gasteiger partial charge in [-0.2, -0.15) is 10.4 Å². The molecule has 1 atom stereocenters. The molecule has 10 heteroatoms. The van der Waals surface area contributed by atoms with Crippen molar-refractivity contribution in [2.75, 3.05) is 23.3 Å². The number of anilines is 2. The number of hydrogen-bond acceptors (Lipinski definition) is 7. The van der Waals surface area contributed by atoms with Crippen LogP contribution >= 0.6 is 15.9 Å². The SMILES string of the molecule is N#Cc1cnc(N2CC[C@H](Nc3c(C(N)=O)cnn4cc(Br)cc34)C2)nc1. The highest BCUT2D eigenvalue weighted by atomic mass is 79.9. The van der Waals surface area contributed by atoms with Crippen LogP contribution in [0.15, 0.2) is 35.3 Å². The molecule has 0 unspecified atom stereocenters. The summed E-state index contributed by atoms with van der Waals surface area (Å²) in [6, 6.07) is 3.98. The Balaban J connectivity index is 1.58. The molecule has 27 heavy (non-hydrogen) atoms. The van der Waals surface area contributed by atoms with Gasteiger partial charge in [-0.15, -0.1) is 0 Å². The van der Waals surface area contributed by atoms with E-state index in [1.807, 2.05) is 23.2 Å². The second-order valence-corrected chi connectivity index (χ2v) is 7.16. The third-order valence-electron chi connectivity index (χ3n) is 4.46. The van der Waals surface area contributed by atoms with Gasteiger partial charge in [0.2, 0.25) is 5.95 Å². The van der Waals surface area contributed by atoms with E-state index in [0.717, 1.165) is 23.0 Å². The third kappa shape index (κ3) is 3.29. The number of rotatable bonds is 4. The number of primary amides is 1. The second-order valence-electron chi connectivity index (χ2n) is 6.25. The van der Waals surface area contributed by atoms with Crippen LogP contribution in [0.4, 0.5) is 11.6 Å². The summed E-state index contributed by atoms with van der Waals surface area (Å²) >= 11 is 3.43. The fourth-order valence-corrected chi connectivity index (χ4v) is 3.58. The van der Waals surface area contributed by atoms with Crippen LogP contribution in [0.1, 0.15) is 22.3 Å². The zero-order valence-electron chi connectivity index (χ0n) is 14.1. The van der Waals surface area contributed by atoms with Gasteiger partial charge in [0.1, 0.15) is 6.07 Å². The van der Waals surface area contributed by atoms with Crippen molar-refractivity contribution in [1.82, 2.24) is 19.6 Å². The summed E-state index contributed by atoms with van der Waals surface area (Å²) in [7, 11) is 0. The highest BCUT2D eigenvalue weighted by molar-refractivity contribution is 9.10. The van der Waals surface area contributed by atoms with Crippen LogP contribution in [0.2, 0.25) is 0 Å². The van der Waals surface area contributed by atoms with Crippen LogP contribution in [0.3, 0.4) is 0 Å². The quantitative estimate of drug-likeness (QED) is 0.647. The summed E-state index contributed by atoms with van der Waals surface area (Å²) in [4.78, 5) is 22.4. The zero-order chi connectivity index (χ0) is 19.0. The molecule has 1 saturated heterocycles. The molecule has 1 aliphatic heterocycles. The van der Waals surface area contributed by atoms with Gasteiger partial charge in [-0.05, 0) is 28.4 Å². The molecule has 9 nitrogen and oxygen atoms in total. The van der Waals surface area contributed by atoms with Crippen LogP contribution in [-0.2, 0) is 0 Å². The van der Waals surface area contributed by atoms with Crippen LogP contribution in [0.25, 0.3) is 5.52 Å². The number of nitrogens with one attached hydrogen (secondary N) is 1. The highest BCUT2D eigenvalue weighted by Crippen LogP contribution is 2.28. The first-order chi connectivity index (χ1) is 13.0. The molecule has 0 spiro atoms. The van der Waals surface area contributed by atoms with Crippen molar-refractivity contribution in [3.8, 4) is 6.07 Å². The predicted octanol–water partition coefficient (Wildman–Crippen LogP) is 1.55. The minimum atomic E-state index is -0.532. The Bertz CT molecular complexity index is 1060. The highest BCUT2D eigenvalue weighted by Gasteiger charge is 2.26. The summed E-state index contributed by atoms with van der Waals surface area (Å²) in [5.74, 6) is 0.0498. The molecule has 0 aliphatic carbocycles. The fourth-order valence-electron chi connectivity index (χ4n) is 3.17. The van der Waals surface area contributed by atoms with Gasteiger partial charge in [0, 0.05) is 29.8 Å². The smallest absolute Gasteiger partial charge is 0.252 e. The first-order valence-electron chi connectivity index (χ1n) is 8.25. The maximum Gasteiger partial charge on any atom is 0.252 e. The largest absolute Gasteiger partial charge is 0.378 e. The molecule has 4 heterocycles. The molecule has 0 saturated carbocycles. The topological polar surface area (TPSA) is 125 Å². The van der Waals surface area contributed by atoms with Crippen molar-refractivity contribution >= 4 is 39.0 Å². The Kier molecular flexibility index (Phi) is 4.37. The Hall–Kier alpha value is -3.19. The van der Waals surface area contributed by atoms with E-state index in [4.69, 9.17) is 11.0 Å². The molecule has 3 aromatic rings. The lowest BCUT2D eigenvalue weighted by atomic mass is 10.1. The number of carbonyl (C=O) groups excluding carboxylic acids is 1. The molecule has 4 rings (SSSR count). The zero-order valence-corrected chi connectivity index (χ0v) is 15.7. The van der Waals surface area contributed by atoms with E-state index in [9.17, 15) is 4.79 Å². The van der Waals surface area contributed by atoms with Crippen molar-refractivity contribution in [1.29, 1.82) is 5.26 Å². The summed E-state index contributed by atoms with van der Waals surface area (Å²) in [6.45, 7) is 1.43. The molecule has 1 amide bonds. The number of nitrogens with zero attached hydrogens (tertiary/aromatic N) is 6. The Morgan fingerprint density at radius 3 is 2.85 bits per heavy atom. The molecule has 1 fully saturated rings. The van der Waals surface area contributed by atoms with E-state index >= 15 is 0 Å². The van der Waals surface area contributed by atoms with E-state index in [1.165, 1.54) is 18.6 Å². The molecule has 3 aromatic heterocycles. The van der Waals surface area contributed by atoms with Gasteiger partial charge in [0.15, 0.2) is 0 Å². The molecule has 1 aliphatic rings. The monoisotopic (exact) mass is 426 g/mol. The average molecular weight is 427 g/mol. The van der Waals surface area contributed by atoms with Gasteiger partial charge in [-0.1, -0.05) is 0 Å². The van der Waals surface area contributed by atoms with Crippen molar-refractivity contribution < 1.29 is 4.79 Å². The number of halogens is 1. The summed E-state index contributed by atoms with van der Waals surface area (Å²) in [5.41, 5.74) is 7.74. The molecule has 136 valence electrons. The van der Waals surface area contributed by atoms with Crippen molar-refractivity contribution in [2.24, 2.45) is 5.73 Å². The van der Waals surface area contributed by atoms with E-state index in [-0.39, 0.29) is 6.04 Å². The summed E-state index contributed by atoms with van der Waals surface area (Å²) in [6.07, 6.45) is 7.16. The van der Waals surface area contributed by atoms with E-state index < -0.39 is 5.91 Å². The van der Waals surface area contributed by atoms with E-state index in [0.29, 0.717) is 29.3 Å². The van der Waals surface area contributed by atoms with Gasteiger partial charge >= 0.3 is 0 Å². The molecule has 0 radical (unpaired) electrons. The standard InChI is InChI=1S/C17H15BrN8O/c18-11-3-14-15(13(16(20)27)7-23-26(14)8-11)24-12-1-2-25(9-12)17-21-5-10(4-19)6-22-17/h3,5-8,12,24H,1-2,9H2,(H2,20,27)/t12-/m0/s1. The van der Waals surface area contributed by atoms with Gasteiger partial charge in [0.25, 0.3) is 5.91 Å². The number of amides is 1. The van der Waals surface area contributed by atoms with E-state index in [1.54, 1.807) is 4.52 Å². The molecule has 0 aromatic carbocycles. The number of aromatic nitrogens is 4. The maximum absolute atomic E-state index is 11.9. The Morgan fingerprint density at radius 2 is 2.15 bits per heavy atom. The number of nitrogens with two attached hydrogens (primary N) is 1. The van der Waals surface area contributed by atoms with Gasteiger partial charge in [0.05, 0.1) is 40.9 Å². The minimum absolute atomic E-state index is 0.0854. The molecular weight excluding hydrogens is 412 g/mol. The maximum atomic E-state index is 11.9. The average Bonchev–Trinajstić information content (AvgIpc) is 3.28. The molecule has 0 bridgehead atoms. The first-order valence-corrected chi connectivity index (χ1v) is 9.05. The Labute approximate surface area is 162 Å². The molecule has 3 N–H and O–H groups in total. The van der Waals surface area contributed by atoms with Crippen LogP contribution in [-0.4, -0.2) is 44.6 Å². The van der Waals surface area contributed by atoms with Gasteiger partial charge in [-0.3, -0.25) is 4.79 Å². The minimum Gasteiger partial charge on any atom is -0.378 e. The number of fused-ring (bicyclic) bond motifs is 1. The Morgan fingerprint density at radius 1 is 1.37 bits per heavy atom. The van der Waals surface area contributed by atoms with Crippen molar-refractivity contribution in [3.05, 3.63) is 46.5 Å². The summed E-state index contributed by atoms with van der Waals surface area (Å²) in [5, 5.41) is 16.5. The molecular formula is C17H15BrN8O. The van der Waals surface area contributed by atoms with E-state index in [2.05, 4.69) is 36.3 Å². The second kappa shape index (κ2) is 6.85. The van der Waals surface area contributed by atoms with Crippen LogP contribution < -0.4 is 16.0 Å². The number of carbonyl (C=O) groups is 1. The lowest BCUT2D eigenvalue weighted by Gasteiger charge is -2.19. The van der Waals surface area contributed by atoms with Gasteiger partial charge in [-0.25, -0.2) is 14.5 Å². The lowest BCUT2D eigenvalue weighted by molar-refractivity contribution is 0.100. The van der Waals surface area contributed by atoms with Crippen LogP contribution in [0, 0.1) is 11.3 Å². The number of nitriles is 1. The lowest BCUT2D eigenvalue weighted by Crippen LogP contribution is -2.28. The van der Waals surface area contributed by atoms with Crippen molar-refractivity contribution in [3.63, 3.8) is 0 Å². The predicted molar refractivity (Wildman–Crippen MR) is 102 cm³/mol. The first kappa shape index (κ1) is 17.2. The van der Waals surface area contributed by atoms with Crippen LogP contribution in [0.5, 0.6) is 0 Å². The number of hydrogen-bond donors (Lipinski definition) is 2.